The largest absolute Gasteiger partial charge is 0.573 e. The predicted octanol–water partition coefficient (Wildman–Crippen LogP) is 3.60. The van der Waals surface area contributed by atoms with Crippen LogP contribution < -0.4 is 20.7 Å². The lowest BCUT2D eigenvalue weighted by molar-refractivity contribution is -0.274. The number of nitrogens with zero attached hydrogens (tertiary/aromatic N) is 2. The summed E-state index contributed by atoms with van der Waals surface area (Å²) in [6.45, 7) is 2.23. The zero-order chi connectivity index (χ0) is 21.3. The van der Waals surface area contributed by atoms with Crippen LogP contribution in [0.25, 0.3) is 0 Å². The Morgan fingerprint density at radius 3 is 2.53 bits per heavy atom. The minimum atomic E-state index is -4.77. The van der Waals surface area contributed by atoms with Crippen molar-refractivity contribution in [3.05, 3.63) is 53.7 Å². The molecule has 1 heterocycles. The fourth-order valence-electron chi connectivity index (χ4n) is 2.32. The summed E-state index contributed by atoms with van der Waals surface area (Å²) in [5, 5.41) is 8.49. The van der Waals surface area contributed by atoms with Gasteiger partial charge in [-0.15, -0.1) is 37.1 Å². The monoisotopic (exact) mass is 537 g/mol. The number of pyridine rings is 1. The molecule has 2 aromatic rings. The number of hydrogen-bond acceptors (Lipinski definition) is 4. The number of guanidine groups is 1. The van der Waals surface area contributed by atoms with E-state index in [4.69, 9.17) is 0 Å². The highest BCUT2D eigenvalue weighted by atomic mass is 127. The van der Waals surface area contributed by atoms with Gasteiger partial charge in [0.1, 0.15) is 11.6 Å². The number of nitrogens with one attached hydrogen (secondary N) is 3. The summed E-state index contributed by atoms with van der Waals surface area (Å²) in [5.74, 6) is 0.290. The maximum absolute atomic E-state index is 12.5. The Morgan fingerprint density at radius 2 is 1.90 bits per heavy atom. The fraction of sp³-hybridized carbons (Fsp3) is 0.316. The van der Waals surface area contributed by atoms with Crippen molar-refractivity contribution in [1.82, 2.24) is 15.6 Å². The third kappa shape index (κ3) is 9.29. The Labute approximate surface area is 189 Å². The van der Waals surface area contributed by atoms with Gasteiger partial charge in [0.15, 0.2) is 5.96 Å². The van der Waals surface area contributed by atoms with Crippen molar-refractivity contribution >= 4 is 41.7 Å². The molecule has 0 unspecified atom stereocenters. The van der Waals surface area contributed by atoms with E-state index < -0.39 is 6.36 Å². The molecule has 3 N–H and O–H groups in total. The topological polar surface area (TPSA) is 87.6 Å². The van der Waals surface area contributed by atoms with E-state index in [1.807, 2.05) is 13.0 Å². The number of amides is 1. The van der Waals surface area contributed by atoms with Crippen molar-refractivity contribution in [2.75, 3.05) is 18.9 Å². The van der Waals surface area contributed by atoms with Crippen LogP contribution in [0.15, 0.2) is 47.6 Å². The minimum absolute atomic E-state index is 0. The molecule has 0 aliphatic heterocycles. The average molecular weight is 537 g/mol. The van der Waals surface area contributed by atoms with Gasteiger partial charge in [-0.25, -0.2) is 4.98 Å². The summed E-state index contributed by atoms with van der Waals surface area (Å²) in [7, 11) is 1.52. The number of aliphatic imine (C=N–C) groups is 1. The number of benzene rings is 1. The van der Waals surface area contributed by atoms with Gasteiger partial charge in [0.25, 0.3) is 0 Å². The highest BCUT2D eigenvalue weighted by Gasteiger charge is 2.31. The lowest BCUT2D eigenvalue weighted by Gasteiger charge is -2.15. The predicted molar refractivity (Wildman–Crippen MR) is 119 cm³/mol. The molecule has 0 aliphatic carbocycles. The Balaban J connectivity index is 0.00000450. The number of aromatic nitrogens is 1. The number of alkyl halides is 3. The zero-order valence-corrected chi connectivity index (χ0v) is 18.7. The molecule has 1 amide bonds. The molecule has 0 bridgehead atoms. The highest BCUT2D eigenvalue weighted by molar-refractivity contribution is 14.0. The summed E-state index contributed by atoms with van der Waals surface area (Å²) in [5.41, 5.74) is 1.30. The lowest BCUT2D eigenvalue weighted by Crippen LogP contribution is -2.38. The maximum Gasteiger partial charge on any atom is 0.573 e. The van der Waals surface area contributed by atoms with E-state index in [0.717, 1.165) is 5.56 Å². The molecule has 1 aromatic carbocycles. The van der Waals surface area contributed by atoms with Crippen LogP contribution in [0.1, 0.15) is 17.5 Å². The van der Waals surface area contributed by atoms with Crippen LogP contribution in [0.2, 0.25) is 0 Å². The number of rotatable bonds is 7. The van der Waals surface area contributed by atoms with Gasteiger partial charge in [0.05, 0.1) is 0 Å². The molecule has 0 saturated carbocycles. The molecule has 164 valence electrons. The van der Waals surface area contributed by atoms with E-state index in [1.165, 1.54) is 25.2 Å². The van der Waals surface area contributed by atoms with Gasteiger partial charge in [-0.1, -0.05) is 24.3 Å². The molecule has 2 rings (SSSR count). The summed E-state index contributed by atoms with van der Waals surface area (Å²) in [6, 6.07) is 9.38. The number of hydrogen-bond donors (Lipinski definition) is 3. The fourth-order valence-corrected chi connectivity index (χ4v) is 2.32. The van der Waals surface area contributed by atoms with Gasteiger partial charge in [-0.05, 0) is 24.6 Å². The van der Waals surface area contributed by atoms with E-state index >= 15 is 0 Å². The first-order valence-corrected chi connectivity index (χ1v) is 8.77. The van der Waals surface area contributed by atoms with Crippen LogP contribution in [-0.4, -0.2) is 36.8 Å². The normalized spacial score (nSPS) is 11.3. The number of halogens is 4. The second-order valence-corrected chi connectivity index (χ2v) is 6.03. The summed E-state index contributed by atoms with van der Waals surface area (Å²) >= 11 is 0. The van der Waals surface area contributed by atoms with Crippen molar-refractivity contribution in [2.45, 2.75) is 26.3 Å². The standard InChI is InChI=1S/C19H22F3N5O2.HI/c1-13-7-8-16(25-11-13)27-17(28)9-10-24-18(23-2)26-12-14-5-3-4-6-15(14)29-19(20,21)22;/h3-8,11H,9-10,12H2,1-2H3,(H2,23,24,26)(H,25,27,28);1H. The van der Waals surface area contributed by atoms with Crippen LogP contribution >= 0.6 is 24.0 Å². The molecular weight excluding hydrogens is 514 g/mol. The number of aryl methyl sites for hydroxylation is 1. The molecule has 0 radical (unpaired) electrons. The number of carbonyl (C=O) groups excluding carboxylic acids is 1. The van der Waals surface area contributed by atoms with Crippen LogP contribution in [0, 0.1) is 6.92 Å². The first kappa shape index (κ1) is 25.5. The number of anilines is 1. The van der Waals surface area contributed by atoms with E-state index in [2.05, 4.69) is 30.7 Å². The van der Waals surface area contributed by atoms with Crippen LogP contribution in [-0.2, 0) is 11.3 Å². The smallest absolute Gasteiger partial charge is 0.405 e. The summed E-state index contributed by atoms with van der Waals surface area (Å²) in [4.78, 5) is 20.0. The maximum atomic E-state index is 12.5. The molecular formula is C19H23F3IN5O2. The minimum Gasteiger partial charge on any atom is -0.405 e. The first-order chi connectivity index (χ1) is 13.8. The van der Waals surface area contributed by atoms with Gasteiger partial charge >= 0.3 is 6.36 Å². The third-order valence-corrected chi connectivity index (χ3v) is 3.69. The van der Waals surface area contributed by atoms with E-state index in [9.17, 15) is 18.0 Å². The van der Waals surface area contributed by atoms with Crippen LogP contribution in [0.4, 0.5) is 19.0 Å². The highest BCUT2D eigenvalue weighted by Crippen LogP contribution is 2.26. The average Bonchev–Trinajstić information content (AvgIpc) is 2.66. The van der Waals surface area contributed by atoms with Gasteiger partial charge < -0.3 is 20.7 Å². The molecule has 0 atom stereocenters. The quantitative estimate of drug-likeness (QED) is 0.286. The Bertz CT molecular complexity index is 845. The van der Waals surface area contributed by atoms with Crippen molar-refractivity contribution < 1.29 is 22.7 Å². The molecule has 11 heteroatoms. The van der Waals surface area contributed by atoms with E-state index in [-0.39, 0.29) is 55.1 Å². The van der Waals surface area contributed by atoms with Crippen molar-refractivity contribution in [3.8, 4) is 5.75 Å². The van der Waals surface area contributed by atoms with Crippen molar-refractivity contribution in [3.63, 3.8) is 0 Å². The van der Waals surface area contributed by atoms with E-state index in [1.54, 1.807) is 18.3 Å². The van der Waals surface area contributed by atoms with Gasteiger partial charge in [0, 0.05) is 38.3 Å². The number of para-hydroxylation sites is 1. The van der Waals surface area contributed by atoms with Crippen LogP contribution in [0.5, 0.6) is 5.75 Å². The molecule has 7 nitrogen and oxygen atoms in total. The SMILES string of the molecule is CN=C(NCCC(=O)Nc1ccc(C)cn1)NCc1ccccc1OC(F)(F)F.I. The van der Waals surface area contributed by atoms with Crippen molar-refractivity contribution in [2.24, 2.45) is 4.99 Å². The number of ether oxygens (including phenoxy) is 1. The van der Waals surface area contributed by atoms with Crippen molar-refractivity contribution in [1.29, 1.82) is 0 Å². The third-order valence-electron chi connectivity index (χ3n) is 3.69. The second-order valence-electron chi connectivity index (χ2n) is 6.03. The zero-order valence-electron chi connectivity index (χ0n) is 16.4. The number of carbonyl (C=O) groups is 1. The van der Waals surface area contributed by atoms with Gasteiger partial charge in [-0.2, -0.15) is 0 Å². The molecule has 1 aromatic heterocycles. The Kier molecular flexibility index (Phi) is 10.4. The van der Waals surface area contributed by atoms with E-state index in [0.29, 0.717) is 17.3 Å². The molecule has 0 aliphatic rings. The summed E-state index contributed by atoms with van der Waals surface area (Å²) < 4.78 is 41.5. The molecule has 30 heavy (non-hydrogen) atoms. The second kappa shape index (κ2) is 12.2. The molecule has 0 spiro atoms. The van der Waals surface area contributed by atoms with Gasteiger partial charge in [0.2, 0.25) is 5.91 Å². The molecule has 0 saturated heterocycles. The van der Waals surface area contributed by atoms with Gasteiger partial charge in [-0.3, -0.25) is 9.79 Å². The Hall–Kier alpha value is -2.57. The lowest BCUT2D eigenvalue weighted by atomic mass is 10.2. The van der Waals surface area contributed by atoms with Crippen LogP contribution in [0.3, 0.4) is 0 Å². The first-order valence-electron chi connectivity index (χ1n) is 8.77. The Morgan fingerprint density at radius 1 is 1.17 bits per heavy atom. The molecule has 0 fully saturated rings. The summed E-state index contributed by atoms with van der Waals surface area (Å²) in [6.07, 6.45) is -2.96.